The van der Waals surface area contributed by atoms with Crippen LogP contribution in [-0.4, -0.2) is 120 Å². The fourth-order valence-electron chi connectivity index (χ4n) is 5.43. The summed E-state index contributed by atoms with van der Waals surface area (Å²) in [5.74, 6) is 6.51. The molecule has 0 saturated carbocycles. The molecule has 0 fully saturated rings. The number of hydrogen-bond acceptors (Lipinski definition) is 8. The Kier molecular flexibility index (Phi) is 19.6. The summed E-state index contributed by atoms with van der Waals surface area (Å²) in [4.78, 5) is 55.5. The van der Waals surface area contributed by atoms with Crippen LogP contribution in [0.5, 0.6) is 0 Å². The van der Waals surface area contributed by atoms with Gasteiger partial charge in [-0.05, 0) is 43.0 Å². The lowest BCUT2D eigenvalue weighted by molar-refractivity contribution is -0.133. The van der Waals surface area contributed by atoms with Gasteiger partial charge in [0.1, 0.15) is 0 Å². The molecule has 1 aliphatic rings. The summed E-state index contributed by atoms with van der Waals surface area (Å²) in [6.45, 7) is 10.6. The number of hydrogen-bond donors (Lipinski definition) is 1. The van der Waals surface area contributed by atoms with Crippen molar-refractivity contribution in [2.24, 2.45) is 5.92 Å². The first-order valence-corrected chi connectivity index (χ1v) is 18.6. The zero-order chi connectivity index (χ0) is 38.4. The molecule has 4 amide bonds. The molecular weight excluding hydrogens is 676 g/mol. The van der Waals surface area contributed by atoms with Crippen molar-refractivity contribution >= 4 is 29.3 Å². The molecule has 290 valence electrons. The number of nitrogens with zero attached hydrogens (tertiary/aromatic N) is 3. The Morgan fingerprint density at radius 2 is 1.28 bits per heavy atom. The summed E-state index contributed by atoms with van der Waals surface area (Å²) >= 11 is 0. The van der Waals surface area contributed by atoms with E-state index in [0.717, 1.165) is 22.4 Å². The SMILES string of the molecule is CC(C)C(C)N(C)C(=O)CCCC(=O)N(C)CCOCCOCCOCCOCCNC(=O)CCC(=O)N1Cc2ccccc2C#Cc2ccccc21. The number of amides is 4. The van der Waals surface area contributed by atoms with E-state index in [1.54, 1.807) is 21.7 Å². The zero-order valence-electron chi connectivity index (χ0n) is 32.2. The van der Waals surface area contributed by atoms with Crippen LogP contribution in [0.3, 0.4) is 0 Å². The van der Waals surface area contributed by atoms with Crippen LogP contribution in [0.25, 0.3) is 0 Å². The predicted molar refractivity (Wildman–Crippen MR) is 204 cm³/mol. The molecule has 0 radical (unpaired) electrons. The highest BCUT2D eigenvalue weighted by atomic mass is 16.6. The maximum Gasteiger partial charge on any atom is 0.227 e. The van der Waals surface area contributed by atoms with Crippen molar-refractivity contribution in [3.05, 3.63) is 65.2 Å². The van der Waals surface area contributed by atoms with Gasteiger partial charge in [0.25, 0.3) is 0 Å². The van der Waals surface area contributed by atoms with E-state index in [9.17, 15) is 19.2 Å². The van der Waals surface area contributed by atoms with Crippen molar-refractivity contribution in [2.75, 3.05) is 84.9 Å². The van der Waals surface area contributed by atoms with Crippen LogP contribution in [0.2, 0.25) is 0 Å². The van der Waals surface area contributed by atoms with Gasteiger partial charge in [-0.3, -0.25) is 19.2 Å². The Bertz CT molecular complexity index is 1520. The molecule has 0 aromatic heterocycles. The molecule has 3 rings (SSSR count). The van der Waals surface area contributed by atoms with E-state index >= 15 is 0 Å². The smallest absolute Gasteiger partial charge is 0.227 e. The fraction of sp³-hybridized carbons (Fsp3) is 0.561. The van der Waals surface area contributed by atoms with Gasteiger partial charge in [0, 0.05) is 70.0 Å². The van der Waals surface area contributed by atoms with Gasteiger partial charge >= 0.3 is 0 Å². The lowest BCUT2D eigenvalue weighted by Crippen LogP contribution is -2.38. The van der Waals surface area contributed by atoms with Gasteiger partial charge < -0.3 is 39.0 Å². The molecule has 12 nitrogen and oxygen atoms in total. The van der Waals surface area contributed by atoms with Crippen LogP contribution < -0.4 is 10.2 Å². The summed E-state index contributed by atoms with van der Waals surface area (Å²) in [5, 5.41) is 2.81. The number of ether oxygens (including phenoxy) is 4. The monoisotopic (exact) mass is 734 g/mol. The summed E-state index contributed by atoms with van der Waals surface area (Å²) in [6.07, 6.45) is 1.40. The quantitative estimate of drug-likeness (QED) is 0.127. The summed E-state index contributed by atoms with van der Waals surface area (Å²) in [5.41, 5.74) is 3.39. The van der Waals surface area contributed by atoms with Crippen LogP contribution in [0.4, 0.5) is 5.69 Å². The van der Waals surface area contributed by atoms with E-state index < -0.39 is 0 Å². The van der Waals surface area contributed by atoms with E-state index in [1.807, 2.05) is 62.5 Å². The minimum Gasteiger partial charge on any atom is -0.377 e. The second-order valence-electron chi connectivity index (χ2n) is 13.4. The van der Waals surface area contributed by atoms with Gasteiger partial charge in [0.05, 0.1) is 65.1 Å². The molecule has 53 heavy (non-hydrogen) atoms. The number of likely N-dealkylation sites (N-methyl/N-ethyl adjacent to an activating group) is 1. The lowest BCUT2D eigenvalue weighted by Gasteiger charge is -2.28. The Labute approximate surface area is 315 Å². The minimum atomic E-state index is -0.208. The van der Waals surface area contributed by atoms with Crippen molar-refractivity contribution in [3.63, 3.8) is 0 Å². The highest BCUT2D eigenvalue weighted by Gasteiger charge is 2.22. The number of para-hydroxylation sites is 1. The molecule has 0 bridgehead atoms. The van der Waals surface area contributed by atoms with Gasteiger partial charge in [-0.15, -0.1) is 0 Å². The molecule has 12 heteroatoms. The average molecular weight is 735 g/mol. The second-order valence-corrected chi connectivity index (χ2v) is 13.4. The van der Waals surface area contributed by atoms with Crippen LogP contribution in [0.15, 0.2) is 48.5 Å². The maximum absolute atomic E-state index is 13.3. The molecule has 1 N–H and O–H groups in total. The Morgan fingerprint density at radius 3 is 1.96 bits per heavy atom. The van der Waals surface area contributed by atoms with Gasteiger partial charge in [-0.2, -0.15) is 0 Å². The molecule has 1 atom stereocenters. The normalized spacial score (nSPS) is 12.5. The topological polar surface area (TPSA) is 127 Å². The Hall–Kier alpha value is -4.28. The van der Waals surface area contributed by atoms with Crippen molar-refractivity contribution < 1.29 is 38.1 Å². The lowest BCUT2D eigenvalue weighted by atomic mass is 10.0. The largest absolute Gasteiger partial charge is 0.377 e. The molecule has 1 aliphatic heterocycles. The molecule has 0 saturated heterocycles. The van der Waals surface area contributed by atoms with Crippen LogP contribution >= 0.6 is 0 Å². The number of carbonyl (C=O) groups is 4. The number of nitrogens with one attached hydrogen (secondary N) is 1. The van der Waals surface area contributed by atoms with Crippen LogP contribution in [0.1, 0.15) is 69.6 Å². The van der Waals surface area contributed by atoms with Gasteiger partial charge in [-0.25, -0.2) is 0 Å². The fourth-order valence-corrected chi connectivity index (χ4v) is 5.43. The molecule has 0 aliphatic carbocycles. The third-order valence-electron chi connectivity index (χ3n) is 9.17. The molecule has 0 spiro atoms. The summed E-state index contributed by atoms with van der Waals surface area (Å²) in [7, 11) is 3.56. The van der Waals surface area contributed by atoms with E-state index in [1.165, 1.54) is 0 Å². The van der Waals surface area contributed by atoms with E-state index in [4.69, 9.17) is 18.9 Å². The van der Waals surface area contributed by atoms with Crippen molar-refractivity contribution in [2.45, 2.75) is 65.5 Å². The number of fused-ring (bicyclic) bond motifs is 2. The average Bonchev–Trinajstić information content (AvgIpc) is 3.15. The molecule has 2 aromatic carbocycles. The van der Waals surface area contributed by atoms with E-state index in [2.05, 4.69) is 31.0 Å². The third-order valence-corrected chi connectivity index (χ3v) is 9.17. The predicted octanol–water partition coefficient (Wildman–Crippen LogP) is 4.03. The highest BCUT2D eigenvalue weighted by Crippen LogP contribution is 2.26. The van der Waals surface area contributed by atoms with Crippen molar-refractivity contribution in [3.8, 4) is 11.8 Å². The first-order valence-electron chi connectivity index (χ1n) is 18.6. The maximum atomic E-state index is 13.3. The number of benzene rings is 2. The first kappa shape index (κ1) is 43.1. The Morgan fingerprint density at radius 1 is 0.717 bits per heavy atom. The number of anilines is 1. The zero-order valence-corrected chi connectivity index (χ0v) is 32.2. The van der Waals surface area contributed by atoms with Gasteiger partial charge in [0.2, 0.25) is 23.6 Å². The third kappa shape index (κ3) is 15.7. The Balaban J connectivity index is 1.13. The molecular formula is C41H58N4O8. The second kappa shape index (κ2) is 24.1. The van der Waals surface area contributed by atoms with Crippen molar-refractivity contribution in [1.82, 2.24) is 15.1 Å². The van der Waals surface area contributed by atoms with Crippen LogP contribution in [-0.2, 0) is 44.7 Å². The number of carbonyl (C=O) groups excluding carboxylic acids is 4. The molecule has 1 unspecified atom stereocenters. The summed E-state index contributed by atoms with van der Waals surface area (Å²) in [6, 6.07) is 15.5. The molecule has 1 heterocycles. The van der Waals surface area contributed by atoms with Crippen LogP contribution in [0, 0.1) is 17.8 Å². The van der Waals surface area contributed by atoms with Gasteiger partial charge in [0.15, 0.2) is 0 Å². The minimum absolute atomic E-state index is 0.000815. The molecule has 2 aromatic rings. The standard InChI is InChI=1S/C41H58N4O8/c1-32(2)33(3)44(5)40(48)16-10-15-39(47)43(4)22-24-51-26-28-53-30-29-52-27-25-50-23-21-42-38(46)19-20-41(49)45-31-36-13-7-6-11-34(36)17-18-35-12-8-9-14-37(35)45/h6-9,11-14,32-33H,10,15-16,19-31H2,1-5H3,(H,42,46). The summed E-state index contributed by atoms with van der Waals surface area (Å²) < 4.78 is 22.1. The van der Waals surface area contributed by atoms with Gasteiger partial charge in [-0.1, -0.05) is 56.0 Å². The van der Waals surface area contributed by atoms with E-state index in [0.29, 0.717) is 97.7 Å². The van der Waals surface area contributed by atoms with E-state index in [-0.39, 0.29) is 42.5 Å². The number of rotatable bonds is 24. The highest BCUT2D eigenvalue weighted by molar-refractivity contribution is 5.97. The van der Waals surface area contributed by atoms with Crippen molar-refractivity contribution in [1.29, 1.82) is 0 Å². The first-order chi connectivity index (χ1) is 25.6.